The molecule has 0 aliphatic heterocycles. The first-order valence-electron chi connectivity index (χ1n) is 5.91. The van der Waals surface area contributed by atoms with Crippen LogP contribution in [0.5, 0.6) is 0 Å². The SMILES string of the molecule is Cc1ccc2oc(C(=O)c3cc(F)ccc3F)cc2n1. The molecule has 0 aliphatic rings. The molecule has 0 aliphatic carbocycles. The van der Waals surface area contributed by atoms with Crippen molar-refractivity contribution < 1.29 is 18.0 Å². The minimum absolute atomic E-state index is 0.0670. The summed E-state index contributed by atoms with van der Waals surface area (Å²) >= 11 is 0. The van der Waals surface area contributed by atoms with Crippen LogP contribution in [-0.4, -0.2) is 10.8 Å². The zero-order chi connectivity index (χ0) is 14.3. The summed E-state index contributed by atoms with van der Waals surface area (Å²) in [7, 11) is 0. The number of fused-ring (bicyclic) bond motifs is 1. The Labute approximate surface area is 112 Å². The van der Waals surface area contributed by atoms with Gasteiger partial charge in [0.15, 0.2) is 11.3 Å². The fourth-order valence-electron chi connectivity index (χ4n) is 1.94. The van der Waals surface area contributed by atoms with Crippen LogP contribution in [0, 0.1) is 18.6 Å². The Bertz CT molecular complexity index is 824. The maximum atomic E-state index is 13.6. The number of benzene rings is 1. The number of carbonyl (C=O) groups is 1. The summed E-state index contributed by atoms with van der Waals surface area (Å²) < 4.78 is 32.0. The summed E-state index contributed by atoms with van der Waals surface area (Å²) in [6, 6.07) is 7.56. The van der Waals surface area contributed by atoms with Crippen LogP contribution in [0.4, 0.5) is 8.78 Å². The Morgan fingerprint density at radius 1 is 1.15 bits per heavy atom. The molecule has 100 valence electrons. The number of furan rings is 1. The highest BCUT2D eigenvalue weighted by Crippen LogP contribution is 2.22. The summed E-state index contributed by atoms with van der Waals surface area (Å²) in [5.41, 5.74) is 1.34. The summed E-state index contributed by atoms with van der Waals surface area (Å²) in [6.45, 7) is 1.81. The Morgan fingerprint density at radius 3 is 2.75 bits per heavy atom. The average molecular weight is 273 g/mol. The number of hydrogen-bond donors (Lipinski definition) is 0. The van der Waals surface area contributed by atoms with Gasteiger partial charge in [-0.15, -0.1) is 0 Å². The first kappa shape index (κ1) is 12.5. The van der Waals surface area contributed by atoms with E-state index in [4.69, 9.17) is 4.42 Å². The molecular weight excluding hydrogens is 264 g/mol. The molecule has 1 aromatic carbocycles. The first-order chi connectivity index (χ1) is 9.54. The second-order valence-electron chi connectivity index (χ2n) is 4.40. The topological polar surface area (TPSA) is 43.1 Å². The lowest BCUT2D eigenvalue weighted by atomic mass is 10.1. The van der Waals surface area contributed by atoms with Crippen molar-refractivity contribution in [3.63, 3.8) is 0 Å². The largest absolute Gasteiger partial charge is 0.451 e. The molecule has 0 atom stereocenters. The van der Waals surface area contributed by atoms with Gasteiger partial charge in [-0.3, -0.25) is 4.79 Å². The molecule has 0 spiro atoms. The number of halogens is 2. The third-order valence-electron chi connectivity index (χ3n) is 2.91. The molecule has 0 saturated carbocycles. The van der Waals surface area contributed by atoms with Gasteiger partial charge < -0.3 is 4.42 Å². The molecule has 0 saturated heterocycles. The van der Waals surface area contributed by atoms with E-state index in [1.54, 1.807) is 19.1 Å². The van der Waals surface area contributed by atoms with E-state index in [0.717, 1.165) is 23.9 Å². The van der Waals surface area contributed by atoms with E-state index in [2.05, 4.69) is 4.98 Å². The molecular formula is C15H9F2NO2. The zero-order valence-electron chi connectivity index (χ0n) is 10.5. The fraction of sp³-hybridized carbons (Fsp3) is 0.0667. The number of nitrogens with zero attached hydrogens (tertiary/aromatic N) is 1. The van der Waals surface area contributed by atoms with Crippen LogP contribution in [0.2, 0.25) is 0 Å². The van der Waals surface area contributed by atoms with Crippen LogP contribution in [0.15, 0.2) is 40.8 Å². The highest BCUT2D eigenvalue weighted by Gasteiger charge is 2.19. The monoisotopic (exact) mass is 273 g/mol. The molecule has 0 unspecified atom stereocenters. The molecule has 20 heavy (non-hydrogen) atoms. The van der Waals surface area contributed by atoms with Crippen molar-refractivity contribution >= 4 is 16.9 Å². The van der Waals surface area contributed by atoms with Gasteiger partial charge in [-0.05, 0) is 37.3 Å². The predicted octanol–water partition coefficient (Wildman–Crippen LogP) is 3.65. The molecule has 3 rings (SSSR count). The smallest absolute Gasteiger partial charge is 0.231 e. The molecule has 2 heterocycles. The van der Waals surface area contributed by atoms with E-state index >= 15 is 0 Å². The molecule has 0 radical (unpaired) electrons. The first-order valence-corrected chi connectivity index (χ1v) is 5.91. The molecule has 0 fully saturated rings. The van der Waals surface area contributed by atoms with Crippen molar-refractivity contribution in [1.82, 2.24) is 4.98 Å². The fourth-order valence-corrected chi connectivity index (χ4v) is 1.94. The van der Waals surface area contributed by atoms with Gasteiger partial charge >= 0.3 is 0 Å². The molecule has 3 nitrogen and oxygen atoms in total. The van der Waals surface area contributed by atoms with Crippen molar-refractivity contribution in [1.29, 1.82) is 0 Å². The molecule has 2 aromatic heterocycles. The predicted molar refractivity (Wildman–Crippen MR) is 68.5 cm³/mol. The summed E-state index contributed by atoms with van der Waals surface area (Å²) in [5, 5.41) is 0. The van der Waals surface area contributed by atoms with E-state index in [1.807, 2.05) is 0 Å². The Kier molecular flexibility index (Phi) is 2.82. The lowest BCUT2D eigenvalue weighted by molar-refractivity contribution is 0.101. The van der Waals surface area contributed by atoms with Crippen LogP contribution in [0.25, 0.3) is 11.1 Å². The van der Waals surface area contributed by atoms with Gasteiger partial charge in [-0.25, -0.2) is 13.8 Å². The number of pyridine rings is 1. The van der Waals surface area contributed by atoms with E-state index in [0.29, 0.717) is 11.1 Å². The van der Waals surface area contributed by atoms with Crippen LogP contribution in [0.1, 0.15) is 21.8 Å². The molecule has 0 bridgehead atoms. The van der Waals surface area contributed by atoms with Crippen molar-refractivity contribution in [2.75, 3.05) is 0 Å². The van der Waals surface area contributed by atoms with Gasteiger partial charge in [0, 0.05) is 11.8 Å². The molecule has 5 heteroatoms. The normalized spacial score (nSPS) is 10.9. The van der Waals surface area contributed by atoms with Gasteiger partial charge in [0.05, 0.1) is 5.56 Å². The highest BCUT2D eigenvalue weighted by atomic mass is 19.1. The highest BCUT2D eigenvalue weighted by molar-refractivity contribution is 6.08. The van der Waals surface area contributed by atoms with Gasteiger partial charge in [0.1, 0.15) is 17.2 Å². The third kappa shape index (κ3) is 2.07. The summed E-state index contributed by atoms with van der Waals surface area (Å²) in [4.78, 5) is 16.3. The lowest BCUT2D eigenvalue weighted by Crippen LogP contribution is -2.03. The number of hydrogen-bond acceptors (Lipinski definition) is 3. The van der Waals surface area contributed by atoms with Crippen LogP contribution < -0.4 is 0 Å². The van der Waals surface area contributed by atoms with Gasteiger partial charge in [0.2, 0.25) is 5.78 Å². The number of aryl methyl sites for hydroxylation is 1. The van der Waals surface area contributed by atoms with Crippen LogP contribution in [-0.2, 0) is 0 Å². The number of carbonyl (C=O) groups excluding carboxylic acids is 1. The Balaban J connectivity index is 2.10. The zero-order valence-corrected chi connectivity index (χ0v) is 10.5. The lowest BCUT2D eigenvalue weighted by Gasteiger charge is -1.99. The van der Waals surface area contributed by atoms with E-state index in [1.165, 1.54) is 6.07 Å². The van der Waals surface area contributed by atoms with E-state index in [9.17, 15) is 13.6 Å². The summed E-state index contributed by atoms with van der Waals surface area (Å²) in [6.07, 6.45) is 0. The van der Waals surface area contributed by atoms with Gasteiger partial charge in [-0.1, -0.05) is 0 Å². The van der Waals surface area contributed by atoms with Crippen molar-refractivity contribution in [2.24, 2.45) is 0 Å². The second-order valence-corrected chi connectivity index (χ2v) is 4.40. The number of ketones is 1. The molecule has 0 N–H and O–H groups in total. The second kappa shape index (κ2) is 4.52. The van der Waals surface area contributed by atoms with Crippen LogP contribution >= 0.6 is 0 Å². The maximum absolute atomic E-state index is 13.6. The number of aromatic nitrogens is 1. The van der Waals surface area contributed by atoms with Crippen LogP contribution in [0.3, 0.4) is 0 Å². The Morgan fingerprint density at radius 2 is 1.95 bits per heavy atom. The molecule has 3 aromatic rings. The summed E-state index contributed by atoms with van der Waals surface area (Å²) in [5.74, 6) is -2.25. The average Bonchev–Trinajstić information content (AvgIpc) is 2.83. The van der Waals surface area contributed by atoms with Crippen molar-refractivity contribution in [3.8, 4) is 0 Å². The minimum atomic E-state index is -0.791. The minimum Gasteiger partial charge on any atom is -0.451 e. The van der Waals surface area contributed by atoms with E-state index in [-0.39, 0.29) is 11.3 Å². The maximum Gasteiger partial charge on any atom is 0.231 e. The van der Waals surface area contributed by atoms with Gasteiger partial charge in [-0.2, -0.15) is 0 Å². The number of rotatable bonds is 2. The van der Waals surface area contributed by atoms with Crippen molar-refractivity contribution in [3.05, 3.63) is 65.1 Å². The Hall–Kier alpha value is -2.56. The molecule has 0 amide bonds. The quantitative estimate of drug-likeness (QED) is 0.669. The van der Waals surface area contributed by atoms with Gasteiger partial charge in [0.25, 0.3) is 0 Å². The standard InChI is InChI=1S/C15H9F2NO2/c1-8-2-5-13-12(18-8)7-14(20-13)15(19)10-6-9(16)3-4-11(10)17/h2-7H,1H3. The van der Waals surface area contributed by atoms with Crippen molar-refractivity contribution in [2.45, 2.75) is 6.92 Å². The third-order valence-corrected chi connectivity index (χ3v) is 2.91. The van der Waals surface area contributed by atoms with E-state index < -0.39 is 17.4 Å².